The molecule has 0 amide bonds. The molecule has 20 heavy (non-hydrogen) atoms. The zero-order chi connectivity index (χ0) is 14.7. The van der Waals surface area contributed by atoms with Gasteiger partial charge in [-0.15, -0.1) is 0 Å². The average molecular weight is 276 g/mol. The van der Waals surface area contributed by atoms with Gasteiger partial charge < -0.3 is 15.6 Å². The Bertz CT molecular complexity index is 660. The van der Waals surface area contributed by atoms with Crippen molar-refractivity contribution in [1.29, 1.82) is 0 Å². The summed E-state index contributed by atoms with van der Waals surface area (Å²) in [6.45, 7) is 1.29. The van der Waals surface area contributed by atoms with E-state index in [0.29, 0.717) is 11.3 Å². The van der Waals surface area contributed by atoms with Gasteiger partial charge in [-0.3, -0.25) is 10.1 Å². The first-order chi connectivity index (χ1) is 9.51. The van der Waals surface area contributed by atoms with Crippen LogP contribution in [-0.2, 0) is 6.61 Å². The largest absolute Gasteiger partial charge is 0.434 e. The molecule has 8 heteroatoms. The van der Waals surface area contributed by atoms with Crippen molar-refractivity contribution in [3.8, 4) is 11.6 Å². The lowest BCUT2D eigenvalue weighted by molar-refractivity contribution is -0.386. The third-order valence-corrected chi connectivity index (χ3v) is 2.52. The van der Waals surface area contributed by atoms with E-state index in [1.54, 1.807) is 24.3 Å². The van der Waals surface area contributed by atoms with Crippen LogP contribution in [0.5, 0.6) is 11.6 Å². The highest BCUT2D eigenvalue weighted by Gasteiger charge is 2.23. The maximum atomic E-state index is 11.0. The van der Waals surface area contributed by atoms with Gasteiger partial charge in [-0.2, -0.15) is 4.98 Å². The van der Waals surface area contributed by atoms with Crippen molar-refractivity contribution in [3.63, 3.8) is 0 Å². The number of ether oxygens (including phenoxy) is 1. The van der Waals surface area contributed by atoms with E-state index >= 15 is 0 Å². The van der Waals surface area contributed by atoms with Gasteiger partial charge in [0.15, 0.2) is 0 Å². The van der Waals surface area contributed by atoms with E-state index in [1.807, 2.05) is 0 Å². The molecule has 8 nitrogen and oxygen atoms in total. The minimum Gasteiger partial charge on any atom is -0.434 e. The van der Waals surface area contributed by atoms with Crippen molar-refractivity contribution in [3.05, 3.63) is 45.6 Å². The molecule has 1 heterocycles. The van der Waals surface area contributed by atoms with Gasteiger partial charge in [0.25, 0.3) is 0 Å². The molecule has 1 aromatic heterocycles. The maximum absolute atomic E-state index is 11.0. The summed E-state index contributed by atoms with van der Waals surface area (Å²) < 4.78 is 5.39. The molecule has 104 valence electrons. The van der Waals surface area contributed by atoms with E-state index < -0.39 is 4.92 Å². The first-order valence-electron chi connectivity index (χ1n) is 5.67. The first-order valence-corrected chi connectivity index (χ1v) is 5.67. The molecule has 1 aromatic carbocycles. The minimum absolute atomic E-state index is 0.110. The normalized spacial score (nSPS) is 10.3. The quantitative estimate of drug-likeness (QED) is 0.641. The maximum Gasteiger partial charge on any atom is 0.352 e. The number of rotatable bonds is 4. The number of aryl methyl sites for hydroxylation is 1. The summed E-state index contributed by atoms with van der Waals surface area (Å²) in [7, 11) is 0. The fraction of sp³-hybridized carbons (Fsp3) is 0.167. The van der Waals surface area contributed by atoms with Crippen LogP contribution in [0.4, 0.5) is 11.6 Å². The van der Waals surface area contributed by atoms with Crippen LogP contribution in [-0.4, -0.2) is 20.0 Å². The van der Waals surface area contributed by atoms with Crippen LogP contribution in [0.3, 0.4) is 0 Å². The number of nitrogens with zero attached hydrogens (tertiary/aromatic N) is 3. The molecule has 0 aliphatic rings. The summed E-state index contributed by atoms with van der Waals surface area (Å²) >= 11 is 0. The van der Waals surface area contributed by atoms with Gasteiger partial charge in [0, 0.05) is 0 Å². The highest BCUT2D eigenvalue weighted by molar-refractivity contribution is 5.49. The third kappa shape index (κ3) is 2.81. The number of hydrogen-bond donors (Lipinski definition) is 2. The molecule has 0 aliphatic carbocycles. The van der Waals surface area contributed by atoms with Gasteiger partial charge in [-0.1, -0.05) is 12.1 Å². The summed E-state index contributed by atoms with van der Waals surface area (Å²) in [5.74, 6) is -0.0198. The lowest BCUT2D eigenvalue weighted by Crippen LogP contribution is -2.04. The molecule has 0 saturated carbocycles. The van der Waals surface area contributed by atoms with Gasteiger partial charge in [-0.05, 0) is 24.6 Å². The standard InChI is InChI=1S/C12H12N4O4/c1-7-10(16(18)19)11(15-12(13)14-7)20-9-4-2-3-8(5-9)6-17/h2-5,17H,6H2,1H3,(H2,13,14,15). The van der Waals surface area contributed by atoms with Crippen LogP contribution in [0.1, 0.15) is 11.3 Å². The Balaban J connectivity index is 2.44. The zero-order valence-corrected chi connectivity index (χ0v) is 10.6. The number of benzene rings is 1. The molecular weight excluding hydrogens is 264 g/mol. The second kappa shape index (κ2) is 5.49. The van der Waals surface area contributed by atoms with E-state index in [-0.39, 0.29) is 29.8 Å². The fourth-order valence-electron chi connectivity index (χ4n) is 1.66. The van der Waals surface area contributed by atoms with Gasteiger partial charge in [0.05, 0.1) is 11.5 Å². The SMILES string of the molecule is Cc1nc(N)nc(Oc2cccc(CO)c2)c1[N+](=O)[O-]. The number of hydrogen-bond acceptors (Lipinski definition) is 7. The summed E-state index contributed by atoms with van der Waals surface area (Å²) in [6.07, 6.45) is 0. The number of aliphatic hydroxyl groups excluding tert-OH is 1. The van der Waals surface area contributed by atoms with E-state index in [9.17, 15) is 10.1 Å². The second-order valence-corrected chi connectivity index (χ2v) is 3.99. The average Bonchev–Trinajstić information content (AvgIpc) is 2.37. The van der Waals surface area contributed by atoms with E-state index in [2.05, 4.69) is 9.97 Å². The van der Waals surface area contributed by atoms with Gasteiger partial charge in [-0.25, -0.2) is 4.98 Å². The van der Waals surface area contributed by atoms with Crippen LogP contribution < -0.4 is 10.5 Å². The second-order valence-electron chi connectivity index (χ2n) is 3.99. The summed E-state index contributed by atoms with van der Waals surface area (Å²) in [5.41, 5.74) is 5.87. The number of aromatic nitrogens is 2. The molecule has 0 fully saturated rings. The predicted molar refractivity (Wildman–Crippen MR) is 70.3 cm³/mol. The van der Waals surface area contributed by atoms with Gasteiger partial charge in [0.2, 0.25) is 5.95 Å². The van der Waals surface area contributed by atoms with E-state index in [4.69, 9.17) is 15.6 Å². The zero-order valence-electron chi connectivity index (χ0n) is 10.6. The molecule has 0 atom stereocenters. The molecule has 0 bridgehead atoms. The van der Waals surface area contributed by atoms with Crippen LogP contribution in [0, 0.1) is 17.0 Å². The summed E-state index contributed by atoms with van der Waals surface area (Å²) in [5, 5.41) is 20.1. The van der Waals surface area contributed by atoms with Crippen LogP contribution in [0.15, 0.2) is 24.3 Å². The molecule has 2 aromatic rings. The smallest absolute Gasteiger partial charge is 0.352 e. The number of anilines is 1. The Morgan fingerprint density at radius 1 is 1.45 bits per heavy atom. The topological polar surface area (TPSA) is 124 Å². The van der Waals surface area contributed by atoms with Crippen molar-refractivity contribution in [1.82, 2.24) is 9.97 Å². The van der Waals surface area contributed by atoms with Crippen molar-refractivity contribution >= 4 is 11.6 Å². The van der Waals surface area contributed by atoms with Gasteiger partial charge >= 0.3 is 11.6 Å². The van der Waals surface area contributed by atoms with Crippen LogP contribution in [0.25, 0.3) is 0 Å². The minimum atomic E-state index is -0.625. The molecule has 0 aliphatic heterocycles. The third-order valence-electron chi connectivity index (χ3n) is 2.52. The van der Waals surface area contributed by atoms with Gasteiger partial charge in [0.1, 0.15) is 11.4 Å². The molecule has 0 spiro atoms. The van der Waals surface area contributed by atoms with Crippen LogP contribution in [0.2, 0.25) is 0 Å². The molecule has 0 radical (unpaired) electrons. The Hall–Kier alpha value is -2.74. The number of nitrogens with two attached hydrogens (primary N) is 1. The summed E-state index contributed by atoms with van der Waals surface area (Å²) in [4.78, 5) is 17.9. The van der Waals surface area contributed by atoms with E-state index in [0.717, 1.165) is 0 Å². The molecule has 3 N–H and O–H groups in total. The number of nitro groups is 1. The molecule has 0 unspecified atom stereocenters. The lowest BCUT2D eigenvalue weighted by Gasteiger charge is -2.08. The highest BCUT2D eigenvalue weighted by Crippen LogP contribution is 2.32. The lowest BCUT2D eigenvalue weighted by atomic mass is 10.2. The van der Waals surface area contributed by atoms with Crippen molar-refractivity contribution < 1.29 is 14.8 Å². The predicted octanol–water partition coefficient (Wildman–Crippen LogP) is 1.56. The Labute approximate surface area is 114 Å². The van der Waals surface area contributed by atoms with Crippen molar-refractivity contribution in [2.24, 2.45) is 0 Å². The molecular formula is C12H12N4O4. The van der Waals surface area contributed by atoms with E-state index in [1.165, 1.54) is 6.92 Å². The highest BCUT2D eigenvalue weighted by atomic mass is 16.6. The van der Waals surface area contributed by atoms with Crippen molar-refractivity contribution in [2.45, 2.75) is 13.5 Å². The Morgan fingerprint density at radius 2 is 2.20 bits per heavy atom. The fourth-order valence-corrected chi connectivity index (χ4v) is 1.66. The Kier molecular flexibility index (Phi) is 3.76. The molecule has 0 saturated heterocycles. The van der Waals surface area contributed by atoms with Crippen LogP contribution >= 0.6 is 0 Å². The monoisotopic (exact) mass is 276 g/mol. The number of aliphatic hydroxyl groups is 1. The first kappa shape index (κ1) is 13.7. The number of nitrogen functional groups attached to an aromatic ring is 1. The van der Waals surface area contributed by atoms with Crippen molar-refractivity contribution in [2.75, 3.05) is 5.73 Å². The Morgan fingerprint density at radius 3 is 2.85 bits per heavy atom. The molecule has 2 rings (SSSR count). The summed E-state index contributed by atoms with van der Waals surface area (Å²) in [6, 6.07) is 6.50.